The van der Waals surface area contributed by atoms with E-state index >= 15 is 0 Å². The Kier molecular flexibility index (Phi) is 4.15. The Morgan fingerprint density at radius 1 is 1.37 bits per heavy atom. The van der Waals surface area contributed by atoms with Crippen LogP contribution >= 0.6 is 0 Å². The molecule has 4 heteroatoms. The molecule has 0 aliphatic rings. The van der Waals surface area contributed by atoms with E-state index in [1.807, 2.05) is 30.4 Å². The van der Waals surface area contributed by atoms with Crippen LogP contribution in [0, 0.1) is 0 Å². The minimum atomic E-state index is -0.568. The largest absolute Gasteiger partial charge is 0.387 e. The fourth-order valence-electron chi connectivity index (χ4n) is 1.81. The van der Waals surface area contributed by atoms with Gasteiger partial charge in [-0.15, -0.1) is 0 Å². The quantitative estimate of drug-likeness (QED) is 0.719. The summed E-state index contributed by atoms with van der Waals surface area (Å²) in [4.78, 5) is 7.15. The second-order valence-electron chi connectivity index (χ2n) is 4.22. The Morgan fingerprint density at radius 3 is 3.00 bits per heavy atom. The molecule has 2 rings (SSSR count). The highest BCUT2D eigenvalue weighted by atomic mass is 16.3. The summed E-state index contributed by atoms with van der Waals surface area (Å²) < 4.78 is 0. The lowest BCUT2D eigenvalue weighted by Gasteiger charge is -2.04. The number of fused-ring (bicyclic) bond motifs is 1. The van der Waals surface area contributed by atoms with E-state index in [0.29, 0.717) is 12.2 Å². The SMILES string of the molecule is C=C/C=C\C=C/CC(O)c1cc2cc(N)ncc2[nH]1. The van der Waals surface area contributed by atoms with Crippen molar-refractivity contribution in [3.05, 3.63) is 61.0 Å². The molecule has 2 aromatic rings. The number of hydrogen-bond donors (Lipinski definition) is 3. The van der Waals surface area contributed by atoms with Crippen LogP contribution in [0.15, 0.2) is 55.3 Å². The first-order valence-corrected chi connectivity index (χ1v) is 6.07. The van der Waals surface area contributed by atoms with E-state index < -0.39 is 6.10 Å². The van der Waals surface area contributed by atoms with Gasteiger partial charge in [0.15, 0.2) is 0 Å². The molecule has 4 N–H and O–H groups in total. The van der Waals surface area contributed by atoms with Crippen molar-refractivity contribution in [2.24, 2.45) is 0 Å². The molecular formula is C15H17N3O. The lowest BCUT2D eigenvalue weighted by molar-refractivity contribution is 0.177. The molecule has 1 atom stereocenters. The zero-order valence-electron chi connectivity index (χ0n) is 10.6. The van der Waals surface area contributed by atoms with E-state index in [-0.39, 0.29) is 0 Å². The highest BCUT2D eigenvalue weighted by Crippen LogP contribution is 2.22. The number of H-pyrrole nitrogens is 1. The molecular weight excluding hydrogens is 238 g/mol. The molecule has 0 aromatic carbocycles. The first-order valence-electron chi connectivity index (χ1n) is 6.07. The number of nitrogen functional groups attached to an aromatic ring is 1. The number of nitrogens with one attached hydrogen (secondary N) is 1. The van der Waals surface area contributed by atoms with Gasteiger partial charge in [0.05, 0.1) is 17.8 Å². The van der Waals surface area contributed by atoms with Crippen LogP contribution in [-0.2, 0) is 0 Å². The fourth-order valence-corrected chi connectivity index (χ4v) is 1.81. The van der Waals surface area contributed by atoms with Crippen LogP contribution in [0.25, 0.3) is 10.9 Å². The van der Waals surface area contributed by atoms with Crippen molar-refractivity contribution in [2.75, 3.05) is 5.73 Å². The van der Waals surface area contributed by atoms with Gasteiger partial charge >= 0.3 is 0 Å². The molecule has 19 heavy (non-hydrogen) atoms. The number of nitrogens with zero attached hydrogens (tertiary/aromatic N) is 1. The Bertz CT molecular complexity index is 625. The maximum absolute atomic E-state index is 10.1. The standard InChI is InChI=1S/C15H17N3O/c1-2-3-4-5-6-7-14(19)12-8-11-9-15(16)17-10-13(11)18-12/h2-6,8-10,14,18-19H,1,7H2,(H2,16,17)/b4-3-,6-5-. The number of hydrogen-bond acceptors (Lipinski definition) is 3. The summed E-state index contributed by atoms with van der Waals surface area (Å²) >= 11 is 0. The van der Waals surface area contributed by atoms with Crippen LogP contribution in [0.2, 0.25) is 0 Å². The van der Waals surface area contributed by atoms with Crippen LogP contribution in [0.4, 0.5) is 5.82 Å². The van der Waals surface area contributed by atoms with Gasteiger partial charge in [-0.05, 0) is 18.6 Å². The smallest absolute Gasteiger partial charge is 0.124 e. The molecule has 0 amide bonds. The second-order valence-corrected chi connectivity index (χ2v) is 4.22. The van der Waals surface area contributed by atoms with Gasteiger partial charge < -0.3 is 15.8 Å². The molecule has 0 spiro atoms. The van der Waals surface area contributed by atoms with Gasteiger partial charge in [0.25, 0.3) is 0 Å². The van der Waals surface area contributed by atoms with Crippen molar-refractivity contribution in [1.29, 1.82) is 0 Å². The van der Waals surface area contributed by atoms with Crippen molar-refractivity contribution in [3.63, 3.8) is 0 Å². The Hall–Kier alpha value is -2.33. The number of anilines is 1. The van der Waals surface area contributed by atoms with Crippen molar-refractivity contribution < 1.29 is 5.11 Å². The van der Waals surface area contributed by atoms with E-state index in [0.717, 1.165) is 16.6 Å². The van der Waals surface area contributed by atoms with Gasteiger partial charge in [0.1, 0.15) is 5.82 Å². The first-order chi connectivity index (χ1) is 9.20. The van der Waals surface area contributed by atoms with Gasteiger partial charge in [-0.3, -0.25) is 0 Å². The third-order valence-corrected chi connectivity index (χ3v) is 2.76. The number of pyridine rings is 1. The second kappa shape index (κ2) is 6.02. The van der Waals surface area contributed by atoms with Crippen LogP contribution in [0.1, 0.15) is 18.2 Å². The van der Waals surface area contributed by atoms with Crippen molar-refractivity contribution in [1.82, 2.24) is 9.97 Å². The summed E-state index contributed by atoms with van der Waals surface area (Å²) in [6, 6.07) is 3.68. The average molecular weight is 255 g/mol. The topological polar surface area (TPSA) is 74.9 Å². The van der Waals surface area contributed by atoms with Crippen molar-refractivity contribution in [2.45, 2.75) is 12.5 Å². The number of aliphatic hydroxyl groups excluding tert-OH is 1. The van der Waals surface area contributed by atoms with Gasteiger partial charge in [-0.1, -0.05) is 37.0 Å². The summed E-state index contributed by atoms with van der Waals surface area (Å²) in [7, 11) is 0. The summed E-state index contributed by atoms with van der Waals surface area (Å²) in [5, 5.41) is 11.0. The molecule has 0 aliphatic carbocycles. The molecule has 0 aliphatic heterocycles. The lowest BCUT2D eigenvalue weighted by Crippen LogP contribution is -1.95. The Morgan fingerprint density at radius 2 is 2.21 bits per heavy atom. The summed E-state index contributed by atoms with van der Waals surface area (Å²) in [5.74, 6) is 0.474. The number of aromatic amines is 1. The van der Waals surface area contributed by atoms with Gasteiger partial charge in [0.2, 0.25) is 0 Å². The maximum atomic E-state index is 10.1. The molecule has 0 saturated heterocycles. The third kappa shape index (κ3) is 3.33. The Labute approximate surface area is 112 Å². The predicted octanol–water partition coefficient (Wildman–Crippen LogP) is 2.87. The van der Waals surface area contributed by atoms with Gasteiger partial charge in [0, 0.05) is 11.1 Å². The zero-order chi connectivity index (χ0) is 13.7. The summed E-state index contributed by atoms with van der Waals surface area (Å²) in [6.07, 6.45) is 10.8. The molecule has 0 fully saturated rings. The van der Waals surface area contributed by atoms with Gasteiger partial charge in [-0.2, -0.15) is 0 Å². The van der Waals surface area contributed by atoms with Crippen LogP contribution in [0.3, 0.4) is 0 Å². The predicted molar refractivity (Wildman–Crippen MR) is 78.6 cm³/mol. The number of aromatic nitrogens is 2. The molecule has 0 saturated carbocycles. The number of allylic oxidation sites excluding steroid dienone is 4. The van der Waals surface area contributed by atoms with E-state index in [2.05, 4.69) is 16.5 Å². The van der Waals surface area contributed by atoms with Gasteiger partial charge in [-0.25, -0.2) is 4.98 Å². The minimum Gasteiger partial charge on any atom is -0.387 e. The molecule has 98 valence electrons. The normalized spacial score (nSPS) is 13.5. The average Bonchev–Trinajstić information content (AvgIpc) is 2.81. The molecule has 2 heterocycles. The first kappa shape index (κ1) is 13.1. The van der Waals surface area contributed by atoms with Crippen LogP contribution < -0.4 is 5.73 Å². The minimum absolute atomic E-state index is 0.474. The van der Waals surface area contributed by atoms with E-state index in [9.17, 15) is 5.11 Å². The number of rotatable bonds is 5. The zero-order valence-corrected chi connectivity index (χ0v) is 10.6. The van der Waals surface area contributed by atoms with Crippen LogP contribution in [0.5, 0.6) is 0 Å². The van der Waals surface area contributed by atoms with E-state index in [1.165, 1.54) is 0 Å². The molecule has 4 nitrogen and oxygen atoms in total. The summed E-state index contributed by atoms with van der Waals surface area (Å²) in [5.41, 5.74) is 7.26. The maximum Gasteiger partial charge on any atom is 0.124 e. The van der Waals surface area contributed by atoms with E-state index in [4.69, 9.17) is 5.73 Å². The molecule has 0 radical (unpaired) electrons. The molecule has 1 unspecified atom stereocenters. The highest BCUT2D eigenvalue weighted by molar-refractivity contribution is 5.81. The highest BCUT2D eigenvalue weighted by Gasteiger charge is 2.09. The van der Waals surface area contributed by atoms with Crippen LogP contribution in [-0.4, -0.2) is 15.1 Å². The fraction of sp³-hybridized carbons (Fsp3) is 0.133. The molecule has 2 aromatic heterocycles. The lowest BCUT2D eigenvalue weighted by atomic mass is 10.1. The van der Waals surface area contributed by atoms with Crippen molar-refractivity contribution in [3.8, 4) is 0 Å². The van der Waals surface area contributed by atoms with Crippen molar-refractivity contribution >= 4 is 16.7 Å². The monoisotopic (exact) mass is 255 g/mol. The number of aliphatic hydroxyl groups is 1. The number of nitrogens with two attached hydrogens (primary N) is 1. The summed E-state index contributed by atoms with van der Waals surface area (Å²) in [6.45, 7) is 3.58. The molecule has 0 bridgehead atoms. The third-order valence-electron chi connectivity index (χ3n) is 2.76. The Balaban J connectivity index is 2.08. The van der Waals surface area contributed by atoms with E-state index in [1.54, 1.807) is 18.3 Å².